The molecule has 1 aromatic carbocycles. The highest BCUT2D eigenvalue weighted by atomic mass is 16.5. The average molecular weight is 266 g/mol. The maximum absolute atomic E-state index is 11.1. The van der Waals surface area contributed by atoms with Crippen molar-refractivity contribution in [1.82, 2.24) is 5.32 Å². The molecule has 1 aliphatic heterocycles. The Bertz CT molecular complexity index is 517. The first kappa shape index (κ1) is 13.2. The number of carboxylic acids is 1. The lowest BCUT2D eigenvalue weighted by Crippen LogP contribution is -2.54. The van der Waals surface area contributed by atoms with Crippen LogP contribution >= 0.6 is 0 Å². The summed E-state index contributed by atoms with van der Waals surface area (Å²) < 4.78 is 5.14. The third-order valence-corrected chi connectivity index (χ3v) is 2.90. The van der Waals surface area contributed by atoms with Crippen LogP contribution in [0, 0.1) is 0 Å². The molecule has 7 heteroatoms. The predicted octanol–water partition coefficient (Wildman–Crippen LogP) is -0.00440. The van der Waals surface area contributed by atoms with Gasteiger partial charge in [0.1, 0.15) is 5.75 Å². The van der Waals surface area contributed by atoms with Crippen LogP contribution in [0.2, 0.25) is 0 Å². The van der Waals surface area contributed by atoms with Gasteiger partial charge in [-0.1, -0.05) is 0 Å². The Hall–Kier alpha value is -2.28. The monoisotopic (exact) mass is 266 g/mol. The first-order valence-electron chi connectivity index (χ1n) is 5.68. The van der Waals surface area contributed by atoms with Crippen LogP contribution in [0.15, 0.2) is 18.2 Å². The second kappa shape index (κ2) is 5.15. The van der Waals surface area contributed by atoms with Crippen LogP contribution in [0.1, 0.15) is 16.8 Å². The molecule has 1 unspecified atom stereocenters. The van der Waals surface area contributed by atoms with Gasteiger partial charge >= 0.3 is 5.97 Å². The van der Waals surface area contributed by atoms with Gasteiger partial charge in [-0.15, -0.1) is 0 Å². The number of aromatic carboxylic acids is 1. The fourth-order valence-corrected chi connectivity index (χ4v) is 1.94. The largest absolute Gasteiger partial charge is 0.495 e. The van der Waals surface area contributed by atoms with Crippen LogP contribution in [0.5, 0.6) is 5.75 Å². The number of aliphatic hydroxyl groups is 1. The van der Waals surface area contributed by atoms with E-state index in [9.17, 15) is 14.7 Å². The molecule has 0 bridgehead atoms. The van der Waals surface area contributed by atoms with Crippen molar-refractivity contribution in [2.75, 3.05) is 18.6 Å². The zero-order chi connectivity index (χ0) is 14.0. The fourth-order valence-electron chi connectivity index (χ4n) is 1.94. The molecule has 1 atom stereocenters. The van der Waals surface area contributed by atoms with Gasteiger partial charge < -0.3 is 25.2 Å². The van der Waals surface area contributed by atoms with Crippen LogP contribution in [-0.2, 0) is 4.79 Å². The van der Waals surface area contributed by atoms with Gasteiger partial charge in [0.2, 0.25) is 12.3 Å². The lowest BCUT2D eigenvalue weighted by molar-refractivity contribution is -0.125. The fraction of sp³-hybridized carbons (Fsp3) is 0.333. The minimum atomic E-state index is -1.15. The molecule has 0 radical (unpaired) electrons. The van der Waals surface area contributed by atoms with Gasteiger partial charge in [-0.25, -0.2) is 4.79 Å². The zero-order valence-electron chi connectivity index (χ0n) is 10.3. The molecule has 7 nitrogen and oxygen atoms in total. The van der Waals surface area contributed by atoms with Crippen molar-refractivity contribution in [3.05, 3.63) is 23.8 Å². The molecule has 1 fully saturated rings. The smallest absolute Gasteiger partial charge is 0.335 e. The number of amides is 1. The van der Waals surface area contributed by atoms with Gasteiger partial charge in [-0.3, -0.25) is 4.79 Å². The maximum atomic E-state index is 11.1. The minimum Gasteiger partial charge on any atom is -0.495 e. The Labute approximate surface area is 109 Å². The number of nitrogens with one attached hydrogen (secondary N) is 1. The maximum Gasteiger partial charge on any atom is 0.335 e. The van der Waals surface area contributed by atoms with Crippen molar-refractivity contribution >= 4 is 17.6 Å². The summed E-state index contributed by atoms with van der Waals surface area (Å²) in [6, 6.07) is 4.34. The number of carboxylic acid groups (broad SMARTS) is 1. The first-order valence-corrected chi connectivity index (χ1v) is 5.68. The number of benzene rings is 1. The van der Waals surface area contributed by atoms with E-state index in [-0.39, 0.29) is 17.9 Å². The van der Waals surface area contributed by atoms with Gasteiger partial charge in [0, 0.05) is 13.0 Å². The number of hydrogen-bond donors (Lipinski definition) is 3. The lowest BCUT2D eigenvalue weighted by atomic mass is 10.1. The molecular formula is C12H14N2O5. The molecule has 1 aliphatic rings. The lowest BCUT2D eigenvalue weighted by Gasteiger charge is -2.34. The molecule has 3 N–H and O–H groups in total. The molecule has 1 amide bonds. The van der Waals surface area contributed by atoms with Crippen molar-refractivity contribution in [1.29, 1.82) is 0 Å². The Kier molecular flexibility index (Phi) is 3.57. The van der Waals surface area contributed by atoms with E-state index < -0.39 is 12.3 Å². The zero-order valence-corrected chi connectivity index (χ0v) is 10.3. The standard InChI is InChI=1S/C12H14N2O5/c1-19-9-6-7(11(16)17)2-3-8(9)14-5-4-10(15)13-12(14)18/h2-3,6,12,18H,4-5H2,1H3,(H,13,15)(H,16,17). The van der Waals surface area contributed by atoms with E-state index in [0.717, 1.165) is 0 Å². The number of aliphatic hydroxyl groups excluding tert-OH is 1. The van der Waals surface area contributed by atoms with Crippen LogP contribution in [0.25, 0.3) is 0 Å². The number of carbonyl (C=O) groups excluding carboxylic acids is 1. The molecule has 0 aromatic heterocycles. The molecule has 102 valence electrons. The van der Waals surface area contributed by atoms with Crippen molar-refractivity contribution in [3.8, 4) is 5.75 Å². The number of rotatable bonds is 3. The van der Waals surface area contributed by atoms with Crippen LogP contribution in [-0.4, -0.2) is 42.1 Å². The van der Waals surface area contributed by atoms with Gasteiger partial charge in [-0.05, 0) is 18.2 Å². The highest BCUT2D eigenvalue weighted by Gasteiger charge is 2.26. The number of methoxy groups -OCH3 is 1. The van der Waals surface area contributed by atoms with Crippen LogP contribution in [0.4, 0.5) is 5.69 Å². The molecule has 0 saturated carbocycles. The topological polar surface area (TPSA) is 99.1 Å². The SMILES string of the molecule is COc1cc(C(=O)O)ccc1N1CCC(=O)NC1O. The number of hydrogen-bond acceptors (Lipinski definition) is 5. The van der Waals surface area contributed by atoms with Crippen molar-refractivity contribution in [2.45, 2.75) is 12.8 Å². The number of carbonyl (C=O) groups is 2. The van der Waals surface area contributed by atoms with Gasteiger partial charge in [-0.2, -0.15) is 0 Å². The molecule has 1 aromatic rings. The summed E-state index contributed by atoms with van der Waals surface area (Å²) in [4.78, 5) is 23.6. The number of anilines is 1. The Morgan fingerprint density at radius 2 is 2.26 bits per heavy atom. The summed E-state index contributed by atoms with van der Waals surface area (Å²) in [6.45, 7) is 0.329. The molecule has 2 rings (SSSR count). The third-order valence-electron chi connectivity index (χ3n) is 2.90. The summed E-state index contributed by atoms with van der Waals surface area (Å²) >= 11 is 0. The van der Waals surface area contributed by atoms with Crippen molar-refractivity contribution in [2.24, 2.45) is 0 Å². The van der Waals surface area contributed by atoms with E-state index >= 15 is 0 Å². The third kappa shape index (κ3) is 2.60. The molecule has 1 heterocycles. The van der Waals surface area contributed by atoms with Gasteiger partial charge in [0.15, 0.2) is 0 Å². The molecule has 0 aliphatic carbocycles. The minimum absolute atomic E-state index is 0.0936. The van der Waals surface area contributed by atoms with Gasteiger partial charge in [0.25, 0.3) is 0 Å². The highest BCUT2D eigenvalue weighted by molar-refractivity contribution is 5.89. The summed E-state index contributed by atoms with van der Waals surface area (Å²) in [7, 11) is 1.42. The highest BCUT2D eigenvalue weighted by Crippen LogP contribution is 2.31. The average Bonchev–Trinajstić information content (AvgIpc) is 2.38. The second-order valence-electron chi connectivity index (χ2n) is 4.08. The molecule has 19 heavy (non-hydrogen) atoms. The Morgan fingerprint density at radius 1 is 1.53 bits per heavy atom. The van der Waals surface area contributed by atoms with Gasteiger partial charge in [0.05, 0.1) is 18.4 Å². The van der Waals surface area contributed by atoms with Crippen molar-refractivity contribution in [3.63, 3.8) is 0 Å². The summed E-state index contributed by atoms with van der Waals surface area (Å²) in [5.74, 6) is -0.961. The predicted molar refractivity (Wildman–Crippen MR) is 66.1 cm³/mol. The molecular weight excluding hydrogens is 252 g/mol. The molecule has 1 saturated heterocycles. The summed E-state index contributed by atoms with van der Waals surface area (Å²) in [5, 5.41) is 21.1. The quantitative estimate of drug-likeness (QED) is 0.712. The van der Waals surface area contributed by atoms with E-state index in [1.807, 2.05) is 0 Å². The molecule has 0 spiro atoms. The number of nitrogens with zero attached hydrogens (tertiary/aromatic N) is 1. The first-order chi connectivity index (χ1) is 9.02. The van der Waals surface area contributed by atoms with E-state index in [4.69, 9.17) is 9.84 Å². The second-order valence-corrected chi connectivity index (χ2v) is 4.08. The summed E-state index contributed by atoms with van der Waals surface area (Å²) in [5.41, 5.74) is 0.621. The Morgan fingerprint density at radius 3 is 2.84 bits per heavy atom. The van der Waals surface area contributed by atoms with E-state index in [1.165, 1.54) is 24.1 Å². The van der Waals surface area contributed by atoms with Crippen molar-refractivity contribution < 1.29 is 24.5 Å². The Balaban J connectivity index is 2.33. The van der Waals surface area contributed by atoms with Crippen LogP contribution in [0.3, 0.4) is 0 Å². The summed E-state index contributed by atoms with van der Waals surface area (Å²) in [6.07, 6.45) is -0.896. The normalized spacial score (nSPS) is 18.9. The van der Waals surface area contributed by atoms with E-state index in [2.05, 4.69) is 5.32 Å². The van der Waals surface area contributed by atoms with E-state index in [1.54, 1.807) is 6.07 Å². The number of ether oxygens (including phenoxy) is 1. The van der Waals surface area contributed by atoms with Crippen LogP contribution < -0.4 is 15.0 Å². The van der Waals surface area contributed by atoms with E-state index in [0.29, 0.717) is 18.0 Å².